The van der Waals surface area contributed by atoms with Gasteiger partial charge in [0.25, 0.3) is 0 Å². The number of nitrogens with two attached hydrogens (primary N) is 1. The van der Waals surface area contributed by atoms with E-state index in [0.717, 1.165) is 16.9 Å². The minimum absolute atomic E-state index is 0.0318. The number of anilines is 1. The molecule has 3 nitrogen and oxygen atoms in total. The lowest BCUT2D eigenvalue weighted by molar-refractivity contribution is 0.280. The van der Waals surface area contributed by atoms with E-state index < -0.39 is 0 Å². The molecular weight excluding hydrogens is 250 g/mol. The molecule has 2 rings (SSSR count). The van der Waals surface area contributed by atoms with Gasteiger partial charge in [0.1, 0.15) is 12.4 Å². The second-order valence-corrected chi connectivity index (χ2v) is 4.35. The standard InChI is InChI=1S/C14H14ClNO2/c15-14-7-12(16)4-3-11(14)9-18-13-5-1-10(8-17)2-6-13/h1-7,17H,8-9,16H2. The fourth-order valence-electron chi connectivity index (χ4n) is 1.53. The lowest BCUT2D eigenvalue weighted by Gasteiger charge is -2.08. The van der Waals surface area contributed by atoms with Crippen LogP contribution in [-0.4, -0.2) is 5.11 Å². The minimum atomic E-state index is 0.0318. The molecule has 0 aromatic heterocycles. The fraction of sp³-hybridized carbons (Fsp3) is 0.143. The molecule has 94 valence electrons. The number of hydrogen-bond acceptors (Lipinski definition) is 3. The second-order valence-electron chi connectivity index (χ2n) is 3.94. The molecule has 0 heterocycles. The van der Waals surface area contributed by atoms with Crippen molar-refractivity contribution >= 4 is 17.3 Å². The first-order chi connectivity index (χ1) is 8.69. The highest BCUT2D eigenvalue weighted by Crippen LogP contribution is 2.21. The first kappa shape index (κ1) is 12.7. The third-order valence-corrected chi connectivity index (χ3v) is 2.93. The molecule has 0 atom stereocenters. The molecule has 0 bridgehead atoms. The average molecular weight is 264 g/mol. The van der Waals surface area contributed by atoms with Crippen LogP contribution >= 0.6 is 11.6 Å². The van der Waals surface area contributed by atoms with Crippen molar-refractivity contribution in [2.45, 2.75) is 13.2 Å². The molecule has 3 N–H and O–H groups in total. The quantitative estimate of drug-likeness (QED) is 0.834. The molecule has 0 aliphatic rings. The normalized spacial score (nSPS) is 10.3. The fourth-order valence-corrected chi connectivity index (χ4v) is 1.78. The maximum Gasteiger partial charge on any atom is 0.119 e. The molecule has 0 spiro atoms. The van der Waals surface area contributed by atoms with Crippen LogP contribution in [0.1, 0.15) is 11.1 Å². The van der Waals surface area contributed by atoms with Crippen LogP contribution in [0.25, 0.3) is 0 Å². The summed E-state index contributed by atoms with van der Waals surface area (Å²) in [5.41, 5.74) is 7.99. The number of aliphatic hydroxyl groups is 1. The van der Waals surface area contributed by atoms with E-state index >= 15 is 0 Å². The Labute approximate surface area is 111 Å². The largest absolute Gasteiger partial charge is 0.489 e. The van der Waals surface area contributed by atoms with Crippen molar-refractivity contribution in [1.29, 1.82) is 0 Å². The Kier molecular flexibility index (Phi) is 4.07. The Morgan fingerprint density at radius 2 is 1.83 bits per heavy atom. The highest BCUT2D eigenvalue weighted by Gasteiger charge is 2.02. The third-order valence-electron chi connectivity index (χ3n) is 2.58. The van der Waals surface area contributed by atoms with E-state index in [1.54, 1.807) is 12.1 Å². The number of aliphatic hydroxyl groups excluding tert-OH is 1. The van der Waals surface area contributed by atoms with Gasteiger partial charge in [-0.2, -0.15) is 0 Å². The zero-order chi connectivity index (χ0) is 13.0. The van der Waals surface area contributed by atoms with Gasteiger partial charge >= 0.3 is 0 Å². The van der Waals surface area contributed by atoms with E-state index in [0.29, 0.717) is 17.3 Å². The van der Waals surface area contributed by atoms with Gasteiger partial charge in [0.15, 0.2) is 0 Å². The Bertz CT molecular complexity index is 526. The number of hydrogen-bond donors (Lipinski definition) is 2. The second kappa shape index (κ2) is 5.76. The number of nitrogen functional groups attached to an aromatic ring is 1. The topological polar surface area (TPSA) is 55.5 Å². The summed E-state index contributed by atoms with van der Waals surface area (Å²) in [4.78, 5) is 0. The predicted octanol–water partition coefficient (Wildman–Crippen LogP) is 2.99. The molecule has 0 fully saturated rings. The van der Waals surface area contributed by atoms with E-state index in [9.17, 15) is 0 Å². The lowest BCUT2D eigenvalue weighted by Crippen LogP contribution is -1.97. The summed E-state index contributed by atoms with van der Waals surface area (Å²) in [6.45, 7) is 0.418. The van der Waals surface area contributed by atoms with Crippen LogP contribution in [0.3, 0.4) is 0 Å². The summed E-state index contributed by atoms with van der Waals surface area (Å²) in [6.07, 6.45) is 0. The summed E-state index contributed by atoms with van der Waals surface area (Å²) in [5, 5.41) is 9.53. The molecule has 0 radical (unpaired) electrons. The van der Waals surface area contributed by atoms with E-state index in [4.69, 9.17) is 27.2 Å². The molecule has 0 aliphatic carbocycles. The van der Waals surface area contributed by atoms with Gasteiger partial charge in [-0.05, 0) is 29.8 Å². The first-order valence-corrected chi connectivity index (χ1v) is 5.93. The SMILES string of the molecule is Nc1ccc(COc2ccc(CO)cc2)c(Cl)c1. The molecule has 0 saturated carbocycles. The Morgan fingerprint density at radius 1 is 1.11 bits per heavy atom. The minimum Gasteiger partial charge on any atom is -0.489 e. The smallest absolute Gasteiger partial charge is 0.119 e. The maximum absolute atomic E-state index is 8.93. The number of ether oxygens (including phenoxy) is 1. The van der Waals surface area contributed by atoms with Gasteiger partial charge in [-0.1, -0.05) is 29.8 Å². The van der Waals surface area contributed by atoms with E-state index in [2.05, 4.69) is 0 Å². The van der Waals surface area contributed by atoms with Crippen molar-refractivity contribution in [3.63, 3.8) is 0 Å². The van der Waals surface area contributed by atoms with Gasteiger partial charge in [0.05, 0.1) is 6.61 Å². The van der Waals surface area contributed by atoms with Gasteiger partial charge in [-0.3, -0.25) is 0 Å². The summed E-state index contributed by atoms with van der Waals surface area (Å²) in [5.74, 6) is 0.736. The monoisotopic (exact) mass is 263 g/mol. The molecule has 18 heavy (non-hydrogen) atoms. The van der Waals surface area contributed by atoms with E-state index in [1.807, 2.05) is 30.3 Å². The molecule has 4 heteroatoms. The van der Waals surface area contributed by atoms with Crippen LogP contribution in [0.5, 0.6) is 5.75 Å². The van der Waals surface area contributed by atoms with Crippen LogP contribution < -0.4 is 10.5 Å². The first-order valence-electron chi connectivity index (χ1n) is 5.55. The van der Waals surface area contributed by atoms with Crippen molar-refractivity contribution in [1.82, 2.24) is 0 Å². The van der Waals surface area contributed by atoms with Crippen molar-refractivity contribution < 1.29 is 9.84 Å². The molecular formula is C14H14ClNO2. The Morgan fingerprint density at radius 3 is 2.44 bits per heavy atom. The van der Waals surface area contributed by atoms with Crippen molar-refractivity contribution in [3.8, 4) is 5.75 Å². The van der Waals surface area contributed by atoms with Crippen LogP contribution in [0.4, 0.5) is 5.69 Å². The zero-order valence-electron chi connectivity index (χ0n) is 9.77. The zero-order valence-corrected chi connectivity index (χ0v) is 10.5. The van der Waals surface area contributed by atoms with Crippen molar-refractivity contribution in [3.05, 3.63) is 58.6 Å². The summed E-state index contributed by atoms with van der Waals surface area (Å²) >= 11 is 6.05. The van der Waals surface area contributed by atoms with Gasteiger partial charge in [-0.25, -0.2) is 0 Å². The maximum atomic E-state index is 8.93. The van der Waals surface area contributed by atoms with Crippen molar-refractivity contribution in [2.24, 2.45) is 0 Å². The van der Waals surface area contributed by atoms with Crippen molar-refractivity contribution in [2.75, 3.05) is 5.73 Å². The summed E-state index contributed by atoms with van der Waals surface area (Å²) in [6, 6.07) is 12.6. The summed E-state index contributed by atoms with van der Waals surface area (Å²) in [7, 11) is 0. The van der Waals surface area contributed by atoms with Gasteiger partial charge in [0, 0.05) is 16.3 Å². The molecule has 2 aromatic rings. The molecule has 0 unspecified atom stereocenters. The average Bonchev–Trinajstić information content (AvgIpc) is 2.38. The molecule has 0 saturated heterocycles. The highest BCUT2D eigenvalue weighted by atomic mass is 35.5. The number of benzene rings is 2. The van der Waals surface area contributed by atoms with Crippen LogP contribution in [0.15, 0.2) is 42.5 Å². The predicted molar refractivity (Wildman–Crippen MR) is 72.6 cm³/mol. The van der Waals surface area contributed by atoms with Crippen LogP contribution in [-0.2, 0) is 13.2 Å². The van der Waals surface area contributed by atoms with Crippen LogP contribution in [0, 0.1) is 0 Å². The van der Waals surface area contributed by atoms with E-state index in [1.165, 1.54) is 0 Å². The third kappa shape index (κ3) is 3.15. The number of halogens is 1. The molecule has 2 aromatic carbocycles. The summed E-state index contributed by atoms with van der Waals surface area (Å²) < 4.78 is 5.61. The van der Waals surface area contributed by atoms with Crippen LogP contribution in [0.2, 0.25) is 5.02 Å². The Hall–Kier alpha value is -1.71. The van der Waals surface area contributed by atoms with Gasteiger partial charge in [0.2, 0.25) is 0 Å². The molecule has 0 amide bonds. The van der Waals surface area contributed by atoms with Gasteiger partial charge < -0.3 is 15.6 Å². The highest BCUT2D eigenvalue weighted by molar-refractivity contribution is 6.31. The lowest BCUT2D eigenvalue weighted by atomic mass is 10.2. The Balaban J connectivity index is 2.02. The molecule has 0 aliphatic heterocycles. The van der Waals surface area contributed by atoms with Gasteiger partial charge in [-0.15, -0.1) is 0 Å². The number of rotatable bonds is 4. The van der Waals surface area contributed by atoms with E-state index in [-0.39, 0.29) is 6.61 Å².